The first-order chi connectivity index (χ1) is 6.26. The van der Waals surface area contributed by atoms with Crippen LogP contribution in [0.5, 0.6) is 0 Å². The van der Waals surface area contributed by atoms with E-state index in [1.54, 1.807) is 0 Å². The minimum atomic E-state index is -4.57. The molecule has 1 rings (SSSR count). The van der Waals surface area contributed by atoms with Gasteiger partial charge in [-0.3, -0.25) is 4.79 Å². The zero-order valence-electron chi connectivity index (χ0n) is 7.90. The fraction of sp³-hybridized carbons (Fsp3) is 0.889. The van der Waals surface area contributed by atoms with Gasteiger partial charge in [-0.15, -0.1) is 0 Å². The van der Waals surface area contributed by atoms with E-state index in [1.807, 2.05) is 0 Å². The number of ketones is 1. The van der Waals surface area contributed by atoms with Crippen molar-refractivity contribution in [2.75, 3.05) is 0 Å². The summed E-state index contributed by atoms with van der Waals surface area (Å²) in [5, 5.41) is 9.27. The van der Waals surface area contributed by atoms with Crippen LogP contribution in [0.15, 0.2) is 0 Å². The second-order valence-electron chi connectivity index (χ2n) is 3.91. The molecule has 1 aliphatic rings. The topological polar surface area (TPSA) is 37.3 Å². The number of halogens is 3. The third-order valence-corrected chi connectivity index (χ3v) is 2.92. The quantitative estimate of drug-likeness (QED) is 0.719. The Morgan fingerprint density at radius 2 is 1.79 bits per heavy atom. The van der Waals surface area contributed by atoms with E-state index in [-0.39, 0.29) is 37.4 Å². The summed E-state index contributed by atoms with van der Waals surface area (Å²) in [6, 6.07) is 0. The predicted molar refractivity (Wildman–Crippen MR) is 43.6 cm³/mol. The second-order valence-corrected chi connectivity index (χ2v) is 3.91. The number of hydrogen-bond donors (Lipinski definition) is 1. The lowest BCUT2D eigenvalue weighted by molar-refractivity contribution is -0.271. The van der Waals surface area contributed by atoms with Gasteiger partial charge in [0.2, 0.25) is 0 Å². The summed E-state index contributed by atoms with van der Waals surface area (Å²) in [5.74, 6) is -0.396. The van der Waals surface area contributed by atoms with Gasteiger partial charge < -0.3 is 5.11 Å². The van der Waals surface area contributed by atoms with Crippen molar-refractivity contribution in [1.82, 2.24) is 0 Å². The molecule has 1 fully saturated rings. The second kappa shape index (κ2) is 3.53. The van der Waals surface area contributed by atoms with Crippen LogP contribution < -0.4 is 0 Å². The highest BCUT2D eigenvalue weighted by Gasteiger charge is 2.54. The van der Waals surface area contributed by atoms with Crippen LogP contribution in [0.3, 0.4) is 0 Å². The van der Waals surface area contributed by atoms with Crippen molar-refractivity contribution < 1.29 is 23.1 Å². The third-order valence-electron chi connectivity index (χ3n) is 2.92. The van der Waals surface area contributed by atoms with Crippen LogP contribution in [0.4, 0.5) is 13.2 Å². The molecule has 0 unspecified atom stereocenters. The first kappa shape index (κ1) is 11.5. The number of rotatable bonds is 1. The summed E-state index contributed by atoms with van der Waals surface area (Å²) >= 11 is 0. The molecule has 0 heterocycles. The molecule has 0 atom stereocenters. The van der Waals surface area contributed by atoms with Gasteiger partial charge >= 0.3 is 6.18 Å². The van der Waals surface area contributed by atoms with E-state index >= 15 is 0 Å². The van der Waals surface area contributed by atoms with Crippen LogP contribution in [-0.4, -0.2) is 22.7 Å². The van der Waals surface area contributed by atoms with Crippen LogP contribution in [0.2, 0.25) is 0 Å². The molecule has 0 amide bonds. The Bertz CT molecular complexity index is 227. The fourth-order valence-electron chi connectivity index (χ4n) is 1.79. The number of hydrogen-bond acceptors (Lipinski definition) is 2. The minimum absolute atomic E-state index is 0.0887. The first-order valence-electron chi connectivity index (χ1n) is 4.56. The summed E-state index contributed by atoms with van der Waals surface area (Å²) in [5.41, 5.74) is -2.57. The van der Waals surface area contributed by atoms with E-state index in [2.05, 4.69) is 0 Å². The van der Waals surface area contributed by atoms with Crippen molar-refractivity contribution in [3.8, 4) is 0 Å². The van der Waals surface area contributed by atoms with Gasteiger partial charge in [0, 0.05) is 5.92 Å². The Morgan fingerprint density at radius 3 is 2.07 bits per heavy atom. The maximum Gasteiger partial charge on any atom is 0.417 e. The molecule has 0 saturated heterocycles. The van der Waals surface area contributed by atoms with Gasteiger partial charge in [0.25, 0.3) is 0 Å². The van der Waals surface area contributed by atoms with Crippen molar-refractivity contribution >= 4 is 5.78 Å². The molecule has 0 aromatic carbocycles. The predicted octanol–water partition coefficient (Wildman–Crippen LogP) is 2.06. The van der Waals surface area contributed by atoms with E-state index in [0.717, 1.165) is 0 Å². The van der Waals surface area contributed by atoms with Crippen molar-refractivity contribution in [3.63, 3.8) is 0 Å². The van der Waals surface area contributed by atoms with Gasteiger partial charge in [0.15, 0.2) is 5.60 Å². The van der Waals surface area contributed by atoms with Crippen LogP contribution in [0.25, 0.3) is 0 Å². The molecule has 0 aromatic heterocycles. The van der Waals surface area contributed by atoms with E-state index in [0.29, 0.717) is 0 Å². The lowest BCUT2D eigenvalue weighted by atomic mass is 9.77. The normalized spacial score (nSPS) is 34.2. The van der Waals surface area contributed by atoms with Gasteiger partial charge in [-0.2, -0.15) is 13.2 Å². The Labute approximate surface area is 80.1 Å². The van der Waals surface area contributed by atoms with Crippen molar-refractivity contribution in [1.29, 1.82) is 0 Å². The molecule has 0 aliphatic heterocycles. The molecule has 14 heavy (non-hydrogen) atoms. The number of alkyl halides is 3. The van der Waals surface area contributed by atoms with E-state index < -0.39 is 11.8 Å². The third kappa shape index (κ3) is 2.08. The van der Waals surface area contributed by atoms with Crippen molar-refractivity contribution in [2.45, 2.75) is 44.4 Å². The average Bonchev–Trinajstić information content (AvgIpc) is 2.03. The number of Topliss-reactive ketones (excluding diaryl/α,β-unsaturated/α-hetero) is 1. The summed E-state index contributed by atoms with van der Waals surface area (Å²) in [4.78, 5) is 10.9. The van der Waals surface area contributed by atoms with E-state index in [1.165, 1.54) is 6.92 Å². The molecule has 82 valence electrons. The summed E-state index contributed by atoms with van der Waals surface area (Å²) in [7, 11) is 0. The van der Waals surface area contributed by atoms with Gasteiger partial charge in [0.05, 0.1) is 0 Å². The number of carbonyl (C=O) groups is 1. The largest absolute Gasteiger partial charge is 0.417 e. The summed E-state index contributed by atoms with van der Waals surface area (Å²) in [6.07, 6.45) is -5.03. The van der Waals surface area contributed by atoms with Crippen molar-refractivity contribution in [2.24, 2.45) is 5.92 Å². The molecule has 1 N–H and O–H groups in total. The molecular formula is C9H13F3O2. The smallest absolute Gasteiger partial charge is 0.380 e. The molecule has 0 spiro atoms. The molecule has 1 saturated carbocycles. The Hall–Kier alpha value is -0.580. The van der Waals surface area contributed by atoms with Crippen LogP contribution in [0.1, 0.15) is 32.6 Å². The monoisotopic (exact) mass is 210 g/mol. The first-order valence-corrected chi connectivity index (χ1v) is 4.56. The minimum Gasteiger partial charge on any atom is -0.380 e. The Kier molecular flexibility index (Phi) is 2.90. The lowest BCUT2D eigenvalue weighted by Crippen LogP contribution is -2.48. The highest BCUT2D eigenvalue weighted by atomic mass is 19.4. The Morgan fingerprint density at radius 1 is 1.36 bits per heavy atom. The highest BCUT2D eigenvalue weighted by molar-refractivity contribution is 5.78. The SMILES string of the molecule is CC(=O)C1CCC(O)(C(F)(F)F)CC1. The molecule has 5 heteroatoms. The zero-order chi connectivity index (χ0) is 11.0. The maximum absolute atomic E-state index is 12.3. The molecule has 2 nitrogen and oxygen atoms in total. The van der Waals surface area contributed by atoms with E-state index in [4.69, 9.17) is 0 Å². The van der Waals surface area contributed by atoms with Gasteiger partial charge in [-0.05, 0) is 32.6 Å². The van der Waals surface area contributed by atoms with Gasteiger partial charge in [-0.25, -0.2) is 0 Å². The molecule has 1 aliphatic carbocycles. The van der Waals surface area contributed by atoms with Gasteiger partial charge in [-0.1, -0.05) is 0 Å². The maximum atomic E-state index is 12.3. The zero-order valence-corrected chi connectivity index (χ0v) is 7.90. The fourth-order valence-corrected chi connectivity index (χ4v) is 1.79. The molecule has 0 bridgehead atoms. The highest BCUT2D eigenvalue weighted by Crippen LogP contribution is 2.43. The van der Waals surface area contributed by atoms with Crippen molar-refractivity contribution in [3.05, 3.63) is 0 Å². The number of carbonyl (C=O) groups excluding carboxylic acids is 1. The van der Waals surface area contributed by atoms with Gasteiger partial charge in [0.1, 0.15) is 5.78 Å². The average molecular weight is 210 g/mol. The Balaban J connectivity index is 2.62. The van der Waals surface area contributed by atoms with Crippen LogP contribution in [-0.2, 0) is 4.79 Å². The van der Waals surface area contributed by atoms with Crippen LogP contribution >= 0.6 is 0 Å². The standard InChI is InChI=1S/C9H13F3O2/c1-6(13)7-2-4-8(14,5-3-7)9(10,11)12/h7,14H,2-5H2,1H3. The molecule has 0 radical (unpaired) electrons. The summed E-state index contributed by atoms with van der Waals surface area (Å²) in [6.45, 7) is 1.38. The summed E-state index contributed by atoms with van der Waals surface area (Å²) < 4.78 is 37.0. The molecular weight excluding hydrogens is 197 g/mol. The molecule has 0 aromatic rings. The number of aliphatic hydroxyl groups is 1. The van der Waals surface area contributed by atoms with Crippen LogP contribution in [0, 0.1) is 5.92 Å². The lowest BCUT2D eigenvalue weighted by Gasteiger charge is -2.36. The van der Waals surface area contributed by atoms with E-state index in [9.17, 15) is 23.1 Å².